The minimum absolute atomic E-state index is 0.214. The van der Waals surface area contributed by atoms with Crippen LogP contribution in [0.15, 0.2) is 18.3 Å². The lowest BCUT2D eigenvalue weighted by molar-refractivity contribution is 0.356. The number of pyridine rings is 1. The van der Waals surface area contributed by atoms with Crippen molar-refractivity contribution in [3.05, 3.63) is 28.3 Å². The molecule has 11 heteroatoms. The van der Waals surface area contributed by atoms with Crippen molar-refractivity contribution in [3.63, 3.8) is 0 Å². The molecule has 0 fully saturated rings. The summed E-state index contributed by atoms with van der Waals surface area (Å²) in [6, 6.07) is 3.40. The smallest absolute Gasteiger partial charge is 0.493 e. The molecule has 0 aliphatic carbocycles. The molecule has 1 heterocycles. The lowest BCUT2D eigenvalue weighted by atomic mass is 10.2. The van der Waals surface area contributed by atoms with Gasteiger partial charge in [0.1, 0.15) is 11.2 Å². The monoisotopic (exact) mass is 337 g/mol. The molecule has 0 unspecified atom stereocenters. The van der Waals surface area contributed by atoms with E-state index in [0.29, 0.717) is 27.4 Å². The Bertz CT molecular complexity index is 715. The summed E-state index contributed by atoms with van der Waals surface area (Å²) in [5.74, 6) is 1.11. The van der Waals surface area contributed by atoms with E-state index in [0.717, 1.165) is 0 Å². The molecule has 1 aromatic heterocycles. The van der Waals surface area contributed by atoms with Gasteiger partial charge in [-0.15, -0.1) is 0 Å². The highest BCUT2D eigenvalue weighted by molar-refractivity contribution is 6.50. The van der Waals surface area contributed by atoms with E-state index in [-0.39, 0.29) is 5.69 Å². The normalized spacial score (nSPS) is 10.5. The summed E-state index contributed by atoms with van der Waals surface area (Å²) in [6.07, 6.45) is 1.39. The van der Waals surface area contributed by atoms with Crippen LogP contribution in [0.5, 0.6) is 11.5 Å². The van der Waals surface area contributed by atoms with Crippen molar-refractivity contribution in [1.82, 2.24) is 4.98 Å². The molecule has 0 saturated carbocycles. The Hall–Kier alpha value is -2.28. The zero-order valence-corrected chi connectivity index (χ0v) is 12.1. The molecule has 118 valence electrons. The molecule has 22 heavy (non-hydrogen) atoms. The number of nitrogens with zero attached hydrogens (tertiary/aromatic N) is 3. The Kier molecular flexibility index (Phi) is 5.76. The Balaban J connectivity index is 0.000000422. The van der Waals surface area contributed by atoms with E-state index in [4.69, 9.17) is 26.5 Å². The van der Waals surface area contributed by atoms with E-state index >= 15 is 0 Å². The number of methoxy groups -OCH3 is 2. The van der Waals surface area contributed by atoms with Crippen molar-refractivity contribution in [2.24, 2.45) is 0 Å². The van der Waals surface area contributed by atoms with E-state index in [1.54, 1.807) is 19.2 Å². The molecule has 0 bridgehead atoms. The van der Waals surface area contributed by atoms with Crippen LogP contribution < -0.4 is 9.47 Å². The molecule has 0 aliphatic rings. The summed E-state index contributed by atoms with van der Waals surface area (Å²) in [7, 11) is -2.92. The van der Waals surface area contributed by atoms with Gasteiger partial charge in [0, 0.05) is 11.5 Å². The number of diazo groups is 1. The van der Waals surface area contributed by atoms with Crippen molar-refractivity contribution in [2.45, 2.75) is 0 Å². The predicted octanol–water partition coefficient (Wildman–Crippen LogP) is 4.69. The number of rotatable bonds is 2. The minimum Gasteiger partial charge on any atom is -0.493 e. The average molecular weight is 337 g/mol. The van der Waals surface area contributed by atoms with Crippen molar-refractivity contribution in [2.75, 3.05) is 14.2 Å². The van der Waals surface area contributed by atoms with Gasteiger partial charge in [0.15, 0.2) is 16.5 Å². The van der Waals surface area contributed by atoms with Gasteiger partial charge < -0.3 is 26.7 Å². The fraction of sp³-hybridized carbons (Fsp3) is 0.182. The van der Waals surface area contributed by atoms with Gasteiger partial charge in [-0.2, -0.15) is 0 Å². The van der Waals surface area contributed by atoms with Crippen LogP contribution in [0.2, 0.25) is 5.02 Å². The topological polar surface area (TPSA) is 59.5 Å². The highest BCUT2D eigenvalue weighted by atomic mass is 35.5. The van der Waals surface area contributed by atoms with Crippen LogP contribution in [0, 0.1) is 5.39 Å². The number of benzene rings is 1. The summed E-state index contributed by atoms with van der Waals surface area (Å²) < 4.78 is 49.3. The summed E-state index contributed by atoms with van der Waals surface area (Å²) in [4.78, 5) is 7.17. The molecule has 0 amide bonds. The Labute approximate surface area is 127 Å². The fourth-order valence-electron chi connectivity index (χ4n) is 1.55. The molecular formula is C11H9BClF4N3O2. The number of hydrogen-bond acceptors (Lipinski definition) is 4. The standard InChI is InChI=1S/C11H9ClN3O2.BF4/c1-16-9-3-6-7(4-10(9)17-2)14-5-8(15-13)11(6)12;2-1(3,4)5/h3-5H,1-2H3;/q+1;-1. The number of ether oxygens (including phenoxy) is 2. The SMILES string of the molecule is COc1cc2ncc([N+]#N)c(Cl)c2cc1OC.F[B-](F)(F)F. The maximum atomic E-state index is 9.75. The molecule has 0 spiro atoms. The first-order valence-corrected chi connectivity index (χ1v) is 6.01. The van der Waals surface area contributed by atoms with Crippen molar-refractivity contribution >= 4 is 35.4 Å². The molecule has 0 atom stereocenters. The van der Waals surface area contributed by atoms with Crippen LogP contribution in [0.1, 0.15) is 0 Å². The first kappa shape index (κ1) is 17.8. The van der Waals surface area contributed by atoms with Crippen LogP contribution in [0.4, 0.5) is 23.0 Å². The maximum absolute atomic E-state index is 9.75. The predicted molar refractivity (Wildman–Crippen MR) is 74.8 cm³/mol. The summed E-state index contributed by atoms with van der Waals surface area (Å²) in [6.45, 7) is 0. The molecule has 0 radical (unpaired) electrons. The third kappa shape index (κ3) is 4.63. The number of hydrogen-bond donors (Lipinski definition) is 0. The van der Waals surface area contributed by atoms with Gasteiger partial charge in [0.25, 0.3) is 0 Å². The van der Waals surface area contributed by atoms with E-state index in [9.17, 15) is 17.3 Å². The largest absolute Gasteiger partial charge is 0.673 e. The Morgan fingerprint density at radius 2 is 1.64 bits per heavy atom. The van der Waals surface area contributed by atoms with Crippen LogP contribution in [-0.4, -0.2) is 26.5 Å². The second-order valence-electron chi connectivity index (χ2n) is 3.78. The van der Waals surface area contributed by atoms with Crippen molar-refractivity contribution in [3.8, 4) is 11.5 Å². The molecular weight excluding hydrogens is 328 g/mol. The van der Waals surface area contributed by atoms with Crippen molar-refractivity contribution in [1.29, 1.82) is 5.39 Å². The molecule has 1 aromatic carbocycles. The first-order chi connectivity index (χ1) is 10.2. The van der Waals surface area contributed by atoms with Crippen LogP contribution in [0.25, 0.3) is 15.9 Å². The van der Waals surface area contributed by atoms with Gasteiger partial charge in [-0.1, -0.05) is 11.6 Å². The highest BCUT2D eigenvalue weighted by Gasteiger charge is 2.20. The number of aromatic nitrogens is 1. The van der Waals surface area contributed by atoms with Crippen LogP contribution in [-0.2, 0) is 0 Å². The number of fused-ring (bicyclic) bond motifs is 1. The summed E-state index contributed by atoms with van der Waals surface area (Å²) in [5, 5.41) is 9.71. The first-order valence-electron chi connectivity index (χ1n) is 5.64. The van der Waals surface area contributed by atoms with Crippen molar-refractivity contribution < 1.29 is 26.7 Å². The quantitative estimate of drug-likeness (QED) is 0.453. The Morgan fingerprint density at radius 3 is 2.09 bits per heavy atom. The fourth-order valence-corrected chi connectivity index (χ4v) is 1.78. The van der Waals surface area contributed by atoms with Crippen LogP contribution in [0.3, 0.4) is 0 Å². The molecule has 0 aliphatic heterocycles. The third-order valence-electron chi connectivity index (χ3n) is 2.40. The molecule has 2 aromatic rings. The van der Waals surface area contributed by atoms with Gasteiger partial charge >= 0.3 is 12.9 Å². The van der Waals surface area contributed by atoms with E-state index in [1.807, 2.05) is 0 Å². The zero-order valence-electron chi connectivity index (χ0n) is 11.4. The van der Waals surface area contributed by atoms with Crippen LogP contribution >= 0.6 is 11.6 Å². The zero-order chi connectivity index (χ0) is 16.9. The lowest BCUT2D eigenvalue weighted by Crippen LogP contribution is -2.02. The summed E-state index contributed by atoms with van der Waals surface area (Å²) >= 11 is 6.08. The molecule has 2 rings (SSSR count). The van der Waals surface area contributed by atoms with Gasteiger partial charge in [0.05, 0.1) is 19.7 Å². The average Bonchev–Trinajstić information content (AvgIpc) is 2.44. The highest BCUT2D eigenvalue weighted by Crippen LogP contribution is 2.37. The van der Waals surface area contributed by atoms with E-state index in [1.165, 1.54) is 13.3 Å². The third-order valence-corrected chi connectivity index (χ3v) is 2.79. The van der Waals surface area contributed by atoms with E-state index in [2.05, 4.69) is 9.96 Å². The molecule has 5 nitrogen and oxygen atoms in total. The second kappa shape index (κ2) is 7.13. The molecule has 0 N–H and O–H groups in total. The maximum Gasteiger partial charge on any atom is 0.673 e. The lowest BCUT2D eigenvalue weighted by Gasteiger charge is -2.08. The Morgan fingerprint density at radius 1 is 1.14 bits per heavy atom. The van der Waals surface area contributed by atoms with Gasteiger partial charge in [-0.25, -0.2) is 4.98 Å². The van der Waals surface area contributed by atoms with Gasteiger partial charge in [0.2, 0.25) is 5.39 Å². The minimum atomic E-state index is -6.00. The van der Waals surface area contributed by atoms with Gasteiger partial charge in [-0.05, 0) is 6.07 Å². The second-order valence-corrected chi connectivity index (χ2v) is 4.15. The summed E-state index contributed by atoms with van der Waals surface area (Å²) in [5.41, 5.74) is 0.853. The van der Waals surface area contributed by atoms with E-state index < -0.39 is 7.25 Å². The van der Waals surface area contributed by atoms with Gasteiger partial charge in [-0.3, -0.25) is 0 Å². The number of halogens is 5. The molecule has 0 saturated heterocycles.